The first-order chi connectivity index (χ1) is 35.5. The van der Waals surface area contributed by atoms with Crippen LogP contribution in [0.4, 0.5) is 0 Å². The van der Waals surface area contributed by atoms with Gasteiger partial charge in [0.25, 0.3) is 0 Å². The van der Waals surface area contributed by atoms with E-state index < -0.39 is 0 Å². The predicted molar refractivity (Wildman–Crippen MR) is 290 cm³/mol. The van der Waals surface area contributed by atoms with E-state index in [1.54, 1.807) is 0 Å². The molecule has 1 aromatic heterocycles. The van der Waals surface area contributed by atoms with Crippen LogP contribution in [0.1, 0.15) is 154 Å². The van der Waals surface area contributed by atoms with Crippen molar-refractivity contribution < 1.29 is 28.8 Å². The lowest BCUT2D eigenvalue weighted by atomic mass is 10.0. The molecule has 0 unspecified atom stereocenters. The van der Waals surface area contributed by atoms with Crippen molar-refractivity contribution in [3.05, 3.63) is 11.9 Å². The van der Waals surface area contributed by atoms with Crippen molar-refractivity contribution in [2.24, 2.45) is 22.9 Å². The fraction of sp³-hybridized carbons (Fsp3) is 0.843. The summed E-state index contributed by atoms with van der Waals surface area (Å²) in [6.45, 7) is 10.2. The molecule has 0 radical (unpaired) electrons. The lowest BCUT2D eigenvalue weighted by Crippen LogP contribution is -2.41. The first kappa shape index (κ1) is 66.7. The zero-order chi connectivity index (χ0) is 53.4. The zero-order valence-electron chi connectivity index (χ0n) is 45.2. The minimum absolute atomic E-state index is 0.136. The van der Waals surface area contributed by atoms with Gasteiger partial charge in [-0.05, 0) is 6.42 Å². The van der Waals surface area contributed by atoms with Gasteiger partial charge >= 0.3 is 0 Å². The third-order valence-electron chi connectivity index (χ3n) is 12.5. The van der Waals surface area contributed by atoms with E-state index >= 15 is 0 Å². The Balaban J connectivity index is 2.79. The molecule has 422 valence electrons. The largest absolute Gasteiger partial charge is 0.355 e. The maximum absolute atomic E-state index is 13.2. The molecule has 0 spiro atoms. The topological polar surface area (TPSA) is 319 Å². The summed E-state index contributed by atoms with van der Waals surface area (Å²) < 4.78 is 1.88. The molecule has 1 aromatic rings. The van der Waals surface area contributed by atoms with E-state index in [4.69, 9.17) is 22.9 Å². The molecule has 0 bridgehead atoms. The molecule has 22 nitrogen and oxygen atoms in total. The maximum Gasteiger partial charge on any atom is 0.221 e. The first-order valence-electron chi connectivity index (χ1n) is 28.0. The highest BCUT2D eigenvalue weighted by molar-refractivity contribution is 5.78. The summed E-state index contributed by atoms with van der Waals surface area (Å²) >= 11 is 0. The van der Waals surface area contributed by atoms with Gasteiger partial charge in [0.15, 0.2) is 0 Å². The smallest absolute Gasteiger partial charge is 0.221 e. The van der Waals surface area contributed by atoms with E-state index in [9.17, 15) is 28.8 Å². The summed E-state index contributed by atoms with van der Waals surface area (Å²) in [5.41, 5.74) is 22.8. The average molecular weight is 1040 g/mol. The van der Waals surface area contributed by atoms with Gasteiger partial charge in [-0.15, -0.1) is 5.10 Å². The summed E-state index contributed by atoms with van der Waals surface area (Å²) in [6, 6.07) is 0. The van der Waals surface area contributed by atoms with Crippen molar-refractivity contribution in [1.82, 2.24) is 61.6 Å². The standard InChI is InChI=1S/C51H102N16O6/c1-2-3-4-5-6-7-8-9-10-11-12-13-14-15-16-17-34-67-44-45(62-63-67)43-66(39-22-50(72)60-32-41-64(35-18-46(68)56-28-24-52)36-19-47(69)57-29-25-53)40-23-51(73)61-33-42-65(37-20-48(70)58-30-26-54)38-21-49(71)59-31-27-55/h44H,2-43,52-55H2,1H3,(H,56,68)(H,57,69)(H,58,70)(H,59,71)(H,60,72)(H,61,73). The number of nitrogens with zero attached hydrogens (tertiary/aromatic N) is 6. The van der Waals surface area contributed by atoms with Crippen molar-refractivity contribution in [1.29, 1.82) is 0 Å². The monoisotopic (exact) mass is 1030 g/mol. The van der Waals surface area contributed by atoms with Gasteiger partial charge in [-0.3, -0.25) is 38.3 Å². The molecule has 0 aliphatic heterocycles. The molecule has 0 aromatic carbocycles. The molecule has 14 N–H and O–H groups in total. The van der Waals surface area contributed by atoms with E-state index in [0.717, 1.165) is 25.1 Å². The summed E-state index contributed by atoms with van der Waals surface area (Å²) in [6.07, 6.45) is 24.2. The quantitative estimate of drug-likeness (QED) is 0.0404. The lowest BCUT2D eigenvalue weighted by Gasteiger charge is -2.23. The Bertz CT molecular complexity index is 1450. The second-order valence-corrected chi connectivity index (χ2v) is 19.0. The Morgan fingerprint density at radius 1 is 0.411 bits per heavy atom. The SMILES string of the molecule is CCCCCCCCCCCCCCCCCCn1cc(CN(CCC(=O)NCCN(CCC(=O)NCCN)CCC(=O)NCCN)CCC(=O)NCCN(CCC(=O)NCCN)CCC(=O)NCCN)nn1. The number of nitrogens with one attached hydrogen (secondary N) is 6. The number of amides is 6. The fourth-order valence-corrected chi connectivity index (χ4v) is 8.15. The van der Waals surface area contributed by atoms with Gasteiger partial charge in [-0.25, -0.2) is 0 Å². The van der Waals surface area contributed by atoms with Crippen LogP contribution in [0.25, 0.3) is 0 Å². The third kappa shape index (κ3) is 40.7. The molecule has 73 heavy (non-hydrogen) atoms. The highest BCUT2D eigenvalue weighted by Gasteiger charge is 2.17. The number of carbonyl (C=O) groups is 6. The van der Waals surface area contributed by atoms with Crippen LogP contribution in [0, 0.1) is 0 Å². The lowest BCUT2D eigenvalue weighted by molar-refractivity contribution is -0.123. The highest BCUT2D eigenvalue weighted by Crippen LogP contribution is 2.14. The minimum Gasteiger partial charge on any atom is -0.355 e. The Labute approximate surface area is 438 Å². The van der Waals surface area contributed by atoms with Crippen LogP contribution in [-0.2, 0) is 41.9 Å². The predicted octanol–water partition coefficient (Wildman–Crippen LogP) is 0.818. The molecule has 22 heteroatoms. The van der Waals surface area contributed by atoms with E-state index in [0.29, 0.717) is 124 Å². The van der Waals surface area contributed by atoms with Gasteiger partial charge in [0, 0.05) is 176 Å². The van der Waals surface area contributed by atoms with Crippen molar-refractivity contribution in [3.63, 3.8) is 0 Å². The van der Waals surface area contributed by atoms with Crippen LogP contribution in [0.2, 0.25) is 0 Å². The van der Waals surface area contributed by atoms with E-state index in [1.165, 1.54) is 89.9 Å². The number of aromatic nitrogens is 3. The molecule has 0 aliphatic rings. The number of nitrogens with two attached hydrogens (primary N) is 4. The molecular formula is C51H102N16O6. The Hall–Kier alpha value is -4.32. The van der Waals surface area contributed by atoms with Crippen LogP contribution in [0.5, 0.6) is 0 Å². The summed E-state index contributed by atoms with van der Waals surface area (Å²) in [4.78, 5) is 81.6. The summed E-state index contributed by atoms with van der Waals surface area (Å²) in [5.74, 6) is -0.883. The van der Waals surface area contributed by atoms with Gasteiger partial charge < -0.3 is 64.6 Å². The Morgan fingerprint density at radius 3 is 1.01 bits per heavy atom. The molecule has 1 heterocycles. The van der Waals surface area contributed by atoms with Crippen molar-refractivity contribution in [3.8, 4) is 0 Å². The highest BCUT2D eigenvalue weighted by atomic mass is 16.2. The molecule has 0 atom stereocenters. The van der Waals surface area contributed by atoms with Gasteiger partial charge in [0.05, 0.1) is 5.69 Å². The maximum atomic E-state index is 13.2. The minimum atomic E-state index is -0.170. The zero-order valence-corrected chi connectivity index (χ0v) is 45.2. The van der Waals surface area contributed by atoms with E-state index in [1.807, 2.05) is 25.6 Å². The van der Waals surface area contributed by atoms with Crippen LogP contribution < -0.4 is 54.8 Å². The molecule has 0 aliphatic carbocycles. The van der Waals surface area contributed by atoms with Gasteiger partial charge in [-0.2, -0.15) is 0 Å². The number of rotatable bonds is 51. The van der Waals surface area contributed by atoms with E-state index in [-0.39, 0.29) is 74.0 Å². The molecule has 0 saturated carbocycles. The number of hydrogen-bond donors (Lipinski definition) is 10. The van der Waals surface area contributed by atoms with Crippen LogP contribution in [0.3, 0.4) is 0 Å². The molecule has 0 fully saturated rings. The Kier molecular flexibility index (Phi) is 43.3. The third-order valence-corrected chi connectivity index (χ3v) is 12.5. The molecule has 6 amide bonds. The number of aryl methyl sites for hydroxylation is 1. The second-order valence-electron chi connectivity index (χ2n) is 19.0. The number of hydrogen-bond acceptors (Lipinski definition) is 15. The van der Waals surface area contributed by atoms with Gasteiger partial charge in [0.1, 0.15) is 0 Å². The van der Waals surface area contributed by atoms with Crippen LogP contribution >= 0.6 is 0 Å². The van der Waals surface area contributed by atoms with Gasteiger partial charge in [-0.1, -0.05) is 108 Å². The second kappa shape index (κ2) is 47.4. The Morgan fingerprint density at radius 2 is 0.699 bits per heavy atom. The van der Waals surface area contributed by atoms with Crippen LogP contribution in [0.15, 0.2) is 6.20 Å². The molecule has 1 rings (SSSR count). The normalized spacial score (nSPS) is 11.3. The van der Waals surface area contributed by atoms with E-state index in [2.05, 4.69) is 49.1 Å². The number of unbranched alkanes of at least 4 members (excludes halogenated alkanes) is 15. The first-order valence-corrected chi connectivity index (χ1v) is 28.0. The number of carbonyl (C=O) groups excluding carboxylic acids is 6. The van der Waals surface area contributed by atoms with Crippen molar-refractivity contribution in [2.45, 2.75) is 161 Å². The van der Waals surface area contributed by atoms with Crippen molar-refractivity contribution >= 4 is 35.4 Å². The summed E-state index contributed by atoms with van der Waals surface area (Å²) in [5, 5.41) is 25.9. The fourth-order valence-electron chi connectivity index (χ4n) is 8.15. The molecular weight excluding hydrogens is 933 g/mol. The average Bonchev–Trinajstić information content (AvgIpc) is 3.84. The summed E-state index contributed by atoms with van der Waals surface area (Å²) in [7, 11) is 0. The van der Waals surface area contributed by atoms with Crippen molar-refractivity contribution in [2.75, 3.05) is 118 Å². The molecule has 0 saturated heterocycles. The van der Waals surface area contributed by atoms with Gasteiger partial charge in [0.2, 0.25) is 35.4 Å². The van der Waals surface area contributed by atoms with Crippen LogP contribution in [-0.4, -0.2) is 183 Å².